The van der Waals surface area contributed by atoms with Crippen LogP contribution in [-0.4, -0.2) is 44.5 Å². The molecule has 1 aromatic rings. The zero-order valence-corrected chi connectivity index (χ0v) is 12.9. The van der Waals surface area contributed by atoms with E-state index in [1.165, 1.54) is 7.11 Å². The van der Waals surface area contributed by atoms with Crippen LogP contribution in [0.25, 0.3) is 0 Å². The Hall–Kier alpha value is -1.79. The molecule has 0 aliphatic rings. The van der Waals surface area contributed by atoms with Gasteiger partial charge in [0.05, 0.1) is 19.8 Å². The molecule has 1 rings (SSSR count). The van der Waals surface area contributed by atoms with Crippen LogP contribution in [0.4, 0.5) is 0 Å². The van der Waals surface area contributed by atoms with E-state index < -0.39 is 12.2 Å². The molecule has 0 aliphatic heterocycles. The second kappa shape index (κ2) is 8.49. The third-order valence-electron chi connectivity index (χ3n) is 2.95. The molecular formula is C15H23NO5. The van der Waals surface area contributed by atoms with Gasteiger partial charge in [-0.25, -0.2) is 0 Å². The van der Waals surface area contributed by atoms with Crippen LogP contribution in [0.15, 0.2) is 18.2 Å². The van der Waals surface area contributed by atoms with Gasteiger partial charge in [0.25, 0.3) is 5.91 Å². The number of aliphatic hydroxyl groups is 1. The molecule has 1 aromatic carbocycles. The quantitative estimate of drug-likeness (QED) is 0.707. The van der Waals surface area contributed by atoms with Gasteiger partial charge in [-0.15, -0.1) is 0 Å². The zero-order chi connectivity index (χ0) is 15.8. The molecule has 6 heteroatoms. The van der Waals surface area contributed by atoms with Crippen LogP contribution in [0, 0.1) is 0 Å². The van der Waals surface area contributed by atoms with Crippen LogP contribution in [0.1, 0.15) is 25.5 Å². The van der Waals surface area contributed by atoms with E-state index in [9.17, 15) is 9.90 Å². The summed E-state index contributed by atoms with van der Waals surface area (Å²) in [6.07, 6.45) is -1.25. The molecule has 0 saturated heterocycles. The van der Waals surface area contributed by atoms with E-state index in [0.717, 1.165) is 5.56 Å². The Balaban J connectivity index is 2.71. The number of hydrogen-bond donors (Lipinski definition) is 2. The fourth-order valence-electron chi connectivity index (χ4n) is 1.71. The average molecular weight is 297 g/mol. The Kier molecular flexibility index (Phi) is 6.98. The second-order valence-corrected chi connectivity index (χ2v) is 4.63. The van der Waals surface area contributed by atoms with Crippen molar-refractivity contribution >= 4 is 5.91 Å². The molecule has 21 heavy (non-hydrogen) atoms. The minimum atomic E-state index is -0.659. The SMILES string of the molecule is COCCNC(=O)C(C)Oc1ccc([C@H](C)O)cc1OC. The second-order valence-electron chi connectivity index (χ2n) is 4.63. The van der Waals surface area contributed by atoms with E-state index in [1.54, 1.807) is 39.2 Å². The summed E-state index contributed by atoms with van der Waals surface area (Å²) in [7, 11) is 3.08. The molecule has 2 atom stereocenters. The van der Waals surface area contributed by atoms with Crippen molar-refractivity contribution in [2.45, 2.75) is 26.1 Å². The minimum Gasteiger partial charge on any atom is -0.493 e. The molecule has 0 aliphatic carbocycles. The van der Waals surface area contributed by atoms with Crippen LogP contribution in [0.5, 0.6) is 11.5 Å². The molecule has 0 bridgehead atoms. The topological polar surface area (TPSA) is 77.0 Å². The predicted molar refractivity (Wildman–Crippen MR) is 78.6 cm³/mol. The van der Waals surface area contributed by atoms with E-state index >= 15 is 0 Å². The van der Waals surface area contributed by atoms with Crippen LogP contribution in [0.2, 0.25) is 0 Å². The van der Waals surface area contributed by atoms with Crippen molar-refractivity contribution in [3.63, 3.8) is 0 Å². The molecule has 6 nitrogen and oxygen atoms in total. The number of ether oxygens (including phenoxy) is 3. The van der Waals surface area contributed by atoms with E-state index in [0.29, 0.717) is 24.7 Å². The highest BCUT2D eigenvalue weighted by Gasteiger charge is 2.17. The maximum Gasteiger partial charge on any atom is 0.260 e. The number of amides is 1. The summed E-state index contributed by atoms with van der Waals surface area (Å²) in [5, 5.41) is 12.3. The van der Waals surface area contributed by atoms with Gasteiger partial charge in [0.15, 0.2) is 17.6 Å². The van der Waals surface area contributed by atoms with Gasteiger partial charge in [-0.3, -0.25) is 4.79 Å². The summed E-state index contributed by atoms with van der Waals surface area (Å²) in [6, 6.07) is 5.10. The largest absolute Gasteiger partial charge is 0.493 e. The fourth-order valence-corrected chi connectivity index (χ4v) is 1.71. The summed E-state index contributed by atoms with van der Waals surface area (Å²) in [5.41, 5.74) is 0.719. The van der Waals surface area contributed by atoms with Crippen molar-refractivity contribution in [1.29, 1.82) is 0 Å². The molecule has 0 saturated carbocycles. The molecule has 2 N–H and O–H groups in total. The summed E-state index contributed by atoms with van der Waals surface area (Å²) >= 11 is 0. The van der Waals surface area contributed by atoms with Gasteiger partial charge in [0.2, 0.25) is 0 Å². The van der Waals surface area contributed by atoms with Crippen LogP contribution in [-0.2, 0) is 9.53 Å². The van der Waals surface area contributed by atoms with Crippen LogP contribution in [0.3, 0.4) is 0 Å². The number of carbonyl (C=O) groups excluding carboxylic acids is 1. The Labute approximate surface area is 125 Å². The summed E-state index contributed by atoms with van der Waals surface area (Å²) < 4.78 is 15.7. The van der Waals surface area contributed by atoms with Gasteiger partial charge < -0.3 is 24.6 Å². The highest BCUT2D eigenvalue weighted by molar-refractivity contribution is 5.80. The van der Waals surface area contributed by atoms with Crippen LogP contribution < -0.4 is 14.8 Å². The molecule has 0 heterocycles. The van der Waals surface area contributed by atoms with Crippen molar-refractivity contribution in [3.05, 3.63) is 23.8 Å². The fraction of sp³-hybridized carbons (Fsp3) is 0.533. The van der Waals surface area contributed by atoms with Crippen LogP contribution >= 0.6 is 0 Å². The first kappa shape index (κ1) is 17.3. The predicted octanol–water partition coefficient (Wildman–Crippen LogP) is 1.28. The molecule has 0 fully saturated rings. The van der Waals surface area contributed by atoms with Crippen molar-refractivity contribution in [2.75, 3.05) is 27.4 Å². The van der Waals surface area contributed by atoms with Gasteiger partial charge in [-0.1, -0.05) is 6.07 Å². The van der Waals surface area contributed by atoms with Gasteiger partial charge in [-0.05, 0) is 31.5 Å². The number of carbonyl (C=O) groups is 1. The van der Waals surface area contributed by atoms with E-state index in [2.05, 4.69) is 5.32 Å². The minimum absolute atomic E-state index is 0.228. The first-order valence-electron chi connectivity index (χ1n) is 6.79. The average Bonchev–Trinajstić information content (AvgIpc) is 2.47. The number of nitrogens with one attached hydrogen (secondary N) is 1. The van der Waals surface area contributed by atoms with Crippen molar-refractivity contribution < 1.29 is 24.1 Å². The molecule has 0 radical (unpaired) electrons. The Morgan fingerprint density at radius 3 is 2.57 bits per heavy atom. The Bertz CT molecular complexity index is 461. The van der Waals surface area contributed by atoms with Gasteiger partial charge in [-0.2, -0.15) is 0 Å². The number of benzene rings is 1. The third-order valence-corrected chi connectivity index (χ3v) is 2.95. The van der Waals surface area contributed by atoms with Gasteiger partial charge >= 0.3 is 0 Å². The lowest BCUT2D eigenvalue weighted by Gasteiger charge is -2.17. The lowest BCUT2D eigenvalue weighted by molar-refractivity contribution is -0.127. The Morgan fingerprint density at radius 2 is 2.00 bits per heavy atom. The number of hydrogen-bond acceptors (Lipinski definition) is 5. The molecule has 1 unspecified atom stereocenters. The van der Waals surface area contributed by atoms with E-state index in [1.807, 2.05) is 0 Å². The molecule has 1 amide bonds. The first-order valence-corrected chi connectivity index (χ1v) is 6.79. The normalized spacial score (nSPS) is 13.4. The molecule has 118 valence electrons. The summed E-state index contributed by atoms with van der Waals surface area (Å²) in [4.78, 5) is 11.8. The number of rotatable bonds is 8. The van der Waals surface area contributed by atoms with E-state index in [4.69, 9.17) is 14.2 Å². The standard InChI is InChI=1S/C15H23NO5/c1-10(17)12-5-6-13(14(9-12)20-4)21-11(2)15(18)16-7-8-19-3/h5-6,9-11,17H,7-8H2,1-4H3,(H,16,18)/t10-,11?/m0/s1. The monoisotopic (exact) mass is 297 g/mol. The molecule has 0 aromatic heterocycles. The van der Waals surface area contributed by atoms with E-state index in [-0.39, 0.29) is 5.91 Å². The lowest BCUT2D eigenvalue weighted by atomic mass is 10.1. The van der Waals surface area contributed by atoms with Gasteiger partial charge in [0.1, 0.15) is 0 Å². The maximum absolute atomic E-state index is 11.8. The van der Waals surface area contributed by atoms with Crippen molar-refractivity contribution in [2.24, 2.45) is 0 Å². The van der Waals surface area contributed by atoms with Crippen molar-refractivity contribution in [3.8, 4) is 11.5 Å². The van der Waals surface area contributed by atoms with Gasteiger partial charge in [0, 0.05) is 13.7 Å². The Morgan fingerprint density at radius 1 is 1.29 bits per heavy atom. The highest BCUT2D eigenvalue weighted by Crippen LogP contribution is 2.30. The smallest absolute Gasteiger partial charge is 0.260 e. The first-order chi connectivity index (χ1) is 9.99. The summed E-state index contributed by atoms with van der Waals surface area (Å²) in [5.74, 6) is 0.704. The van der Waals surface area contributed by atoms with Crippen molar-refractivity contribution in [1.82, 2.24) is 5.32 Å². The number of aliphatic hydroxyl groups excluding tert-OH is 1. The highest BCUT2D eigenvalue weighted by atomic mass is 16.5. The lowest BCUT2D eigenvalue weighted by Crippen LogP contribution is -2.38. The summed E-state index contributed by atoms with van der Waals surface area (Å²) in [6.45, 7) is 4.21. The third kappa shape index (κ3) is 5.24. The maximum atomic E-state index is 11.8. The molecule has 0 spiro atoms. The zero-order valence-electron chi connectivity index (χ0n) is 12.9. The molecular weight excluding hydrogens is 274 g/mol. The number of methoxy groups -OCH3 is 2.